The van der Waals surface area contributed by atoms with Crippen LogP contribution in [0, 0.1) is 0 Å². The molecule has 7 heteroatoms. The average Bonchev–Trinajstić information content (AvgIpc) is 2.74. The smallest absolute Gasteiger partial charge is 0.266 e. The second-order valence-corrected chi connectivity index (χ2v) is 7.65. The summed E-state index contributed by atoms with van der Waals surface area (Å²) in [7, 11) is 0. The van der Waals surface area contributed by atoms with Crippen molar-refractivity contribution in [2.75, 3.05) is 18.9 Å². The zero-order chi connectivity index (χ0) is 19.9. The molecular weight excluding hydrogens is 396 g/mol. The third kappa shape index (κ3) is 5.14. The van der Waals surface area contributed by atoms with E-state index in [1.165, 1.54) is 11.8 Å². The van der Waals surface area contributed by atoms with E-state index in [-0.39, 0.29) is 18.3 Å². The molecule has 0 radical (unpaired) electrons. The van der Waals surface area contributed by atoms with Gasteiger partial charge in [0.05, 0.1) is 10.7 Å². The number of aliphatic imine (C=N–C) groups is 1. The molecule has 0 aromatic heterocycles. The summed E-state index contributed by atoms with van der Waals surface area (Å²) in [4.78, 5) is 30.6. The van der Waals surface area contributed by atoms with Crippen molar-refractivity contribution in [2.45, 2.75) is 19.8 Å². The summed E-state index contributed by atoms with van der Waals surface area (Å²) in [5, 5.41) is 1.18. The Morgan fingerprint density at radius 1 is 1.18 bits per heavy atom. The van der Waals surface area contributed by atoms with Gasteiger partial charge >= 0.3 is 0 Å². The van der Waals surface area contributed by atoms with Crippen molar-refractivity contribution < 1.29 is 14.3 Å². The summed E-state index contributed by atoms with van der Waals surface area (Å²) < 4.78 is 5.62. The maximum Gasteiger partial charge on any atom is 0.266 e. The van der Waals surface area contributed by atoms with Gasteiger partial charge in [-0.05, 0) is 42.8 Å². The quantitative estimate of drug-likeness (QED) is 0.624. The summed E-state index contributed by atoms with van der Waals surface area (Å²) >= 11 is 7.72. The number of ether oxygens (including phenoxy) is 1. The number of amidine groups is 1. The average molecular weight is 417 g/mol. The summed E-state index contributed by atoms with van der Waals surface area (Å²) in [5.41, 5.74) is 1.28. The van der Waals surface area contributed by atoms with Gasteiger partial charge in [-0.25, -0.2) is 4.99 Å². The van der Waals surface area contributed by atoms with Gasteiger partial charge < -0.3 is 4.74 Å². The van der Waals surface area contributed by atoms with E-state index in [4.69, 9.17) is 16.3 Å². The van der Waals surface area contributed by atoms with Gasteiger partial charge in [0.2, 0.25) is 0 Å². The maximum absolute atomic E-state index is 12.7. The Kier molecular flexibility index (Phi) is 7.12. The van der Waals surface area contributed by atoms with Crippen LogP contribution in [-0.2, 0) is 4.79 Å². The molecular formula is C21H21ClN2O3S. The molecule has 1 heterocycles. The number of nitrogens with zero attached hydrogens (tertiary/aromatic N) is 2. The number of halogens is 1. The van der Waals surface area contributed by atoms with Crippen LogP contribution in [0.15, 0.2) is 53.5 Å². The summed E-state index contributed by atoms with van der Waals surface area (Å²) in [6.07, 6.45) is 1.35. The molecule has 1 fully saturated rings. The Labute approximate surface area is 173 Å². The number of ketones is 1. The largest absolute Gasteiger partial charge is 0.484 e. The molecule has 1 saturated heterocycles. The van der Waals surface area contributed by atoms with E-state index >= 15 is 0 Å². The Balaban J connectivity index is 1.66. The number of amides is 1. The molecule has 0 aliphatic carbocycles. The second kappa shape index (κ2) is 9.75. The molecule has 0 unspecified atom stereocenters. The standard InChI is InChI=1S/C21H21ClN2O3S/c1-2-19(25)15-8-10-16(11-9-15)27-14-20(26)24-12-5-13-28-21(24)23-18-7-4-3-6-17(18)22/h3-4,6-11H,2,5,12-14H2,1H3. The molecule has 146 valence electrons. The van der Waals surface area contributed by atoms with Crippen LogP contribution in [0.5, 0.6) is 5.75 Å². The fraction of sp³-hybridized carbons (Fsp3) is 0.286. The summed E-state index contributed by atoms with van der Waals surface area (Å²) in [6, 6.07) is 14.1. The van der Waals surface area contributed by atoms with Crippen LogP contribution in [-0.4, -0.2) is 40.7 Å². The highest BCUT2D eigenvalue weighted by Crippen LogP contribution is 2.28. The van der Waals surface area contributed by atoms with Crippen LogP contribution in [0.3, 0.4) is 0 Å². The number of benzene rings is 2. The predicted octanol–water partition coefficient (Wildman–Crippen LogP) is 4.96. The van der Waals surface area contributed by atoms with Crippen molar-refractivity contribution in [3.05, 3.63) is 59.1 Å². The molecule has 0 atom stereocenters. The second-order valence-electron chi connectivity index (χ2n) is 6.18. The highest BCUT2D eigenvalue weighted by Gasteiger charge is 2.24. The number of Topliss-reactive ketones (excluding diaryl/α,β-unsaturated/α-hetero) is 1. The maximum atomic E-state index is 12.7. The molecule has 1 aliphatic rings. The summed E-state index contributed by atoms with van der Waals surface area (Å²) in [6.45, 7) is 2.33. The molecule has 1 amide bonds. The van der Waals surface area contributed by atoms with Crippen LogP contribution in [0.25, 0.3) is 0 Å². The minimum absolute atomic E-state index is 0.0772. The number of rotatable bonds is 6. The molecule has 0 saturated carbocycles. The fourth-order valence-electron chi connectivity index (χ4n) is 2.69. The molecule has 1 aliphatic heterocycles. The first-order valence-corrected chi connectivity index (χ1v) is 10.5. The van der Waals surface area contributed by atoms with Crippen LogP contribution < -0.4 is 4.74 Å². The highest BCUT2D eigenvalue weighted by atomic mass is 35.5. The third-order valence-electron chi connectivity index (χ3n) is 4.22. The minimum Gasteiger partial charge on any atom is -0.484 e. The molecule has 5 nitrogen and oxygen atoms in total. The van der Waals surface area contributed by atoms with Gasteiger partial charge in [-0.1, -0.05) is 42.4 Å². The topological polar surface area (TPSA) is 59.0 Å². The molecule has 2 aromatic rings. The molecule has 2 aromatic carbocycles. The lowest BCUT2D eigenvalue weighted by atomic mass is 10.1. The number of thioether (sulfide) groups is 1. The highest BCUT2D eigenvalue weighted by molar-refractivity contribution is 8.13. The lowest BCUT2D eigenvalue weighted by molar-refractivity contribution is -0.129. The lowest BCUT2D eigenvalue weighted by Crippen LogP contribution is -2.41. The lowest BCUT2D eigenvalue weighted by Gasteiger charge is -2.27. The Bertz CT molecular complexity index is 883. The van der Waals surface area contributed by atoms with E-state index in [0.29, 0.717) is 40.2 Å². The van der Waals surface area contributed by atoms with Crippen molar-refractivity contribution in [2.24, 2.45) is 4.99 Å². The van der Waals surface area contributed by atoms with Gasteiger partial charge in [-0.2, -0.15) is 0 Å². The van der Waals surface area contributed by atoms with E-state index in [1.54, 1.807) is 35.2 Å². The van der Waals surface area contributed by atoms with E-state index in [2.05, 4.69) is 4.99 Å². The van der Waals surface area contributed by atoms with E-state index in [9.17, 15) is 9.59 Å². The molecule has 0 bridgehead atoms. The number of hydrogen-bond acceptors (Lipinski definition) is 5. The SMILES string of the molecule is CCC(=O)c1ccc(OCC(=O)N2CCCSC2=Nc2ccccc2Cl)cc1. The van der Waals surface area contributed by atoms with E-state index < -0.39 is 0 Å². The molecule has 0 N–H and O–H groups in total. The van der Waals surface area contributed by atoms with E-state index in [0.717, 1.165) is 12.2 Å². The van der Waals surface area contributed by atoms with Gasteiger partial charge in [0.1, 0.15) is 5.75 Å². The Morgan fingerprint density at radius 3 is 2.64 bits per heavy atom. The van der Waals surface area contributed by atoms with Crippen LogP contribution in [0.4, 0.5) is 5.69 Å². The molecule has 3 rings (SSSR count). The van der Waals surface area contributed by atoms with Crippen molar-refractivity contribution in [3.8, 4) is 5.75 Å². The first kappa shape index (κ1) is 20.4. The Hall–Kier alpha value is -2.31. The monoisotopic (exact) mass is 416 g/mol. The Morgan fingerprint density at radius 2 is 1.93 bits per heavy atom. The van der Waals surface area contributed by atoms with Gasteiger partial charge in [0.25, 0.3) is 5.91 Å². The van der Waals surface area contributed by atoms with Gasteiger partial charge in [0.15, 0.2) is 17.6 Å². The third-order valence-corrected chi connectivity index (χ3v) is 5.60. The number of carbonyl (C=O) groups excluding carboxylic acids is 2. The van der Waals surface area contributed by atoms with Crippen molar-refractivity contribution >= 4 is 45.9 Å². The number of hydrogen-bond donors (Lipinski definition) is 0. The van der Waals surface area contributed by atoms with Crippen molar-refractivity contribution in [1.29, 1.82) is 0 Å². The number of para-hydroxylation sites is 1. The zero-order valence-electron chi connectivity index (χ0n) is 15.6. The van der Waals surface area contributed by atoms with Crippen LogP contribution in [0.1, 0.15) is 30.1 Å². The molecule has 28 heavy (non-hydrogen) atoms. The van der Waals surface area contributed by atoms with Crippen LogP contribution >= 0.6 is 23.4 Å². The first-order chi connectivity index (χ1) is 13.6. The molecule has 0 spiro atoms. The normalized spacial score (nSPS) is 15.5. The van der Waals surface area contributed by atoms with Gasteiger partial charge in [-0.3, -0.25) is 14.5 Å². The zero-order valence-corrected chi connectivity index (χ0v) is 17.1. The summed E-state index contributed by atoms with van der Waals surface area (Å²) in [5.74, 6) is 1.37. The van der Waals surface area contributed by atoms with E-state index in [1.807, 2.05) is 25.1 Å². The number of carbonyl (C=O) groups is 2. The van der Waals surface area contributed by atoms with Crippen LogP contribution in [0.2, 0.25) is 5.02 Å². The predicted molar refractivity (Wildman–Crippen MR) is 114 cm³/mol. The van der Waals surface area contributed by atoms with Crippen molar-refractivity contribution in [3.63, 3.8) is 0 Å². The van der Waals surface area contributed by atoms with Gasteiger partial charge in [0, 0.05) is 24.3 Å². The van der Waals surface area contributed by atoms with Gasteiger partial charge in [-0.15, -0.1) is 0 Å². The first-order valence-electron chi connectivity index (χ1n) is 9.11. The fourth-order valence-corrected chi connectivity index (χ4v) is 3.84. The minimum atomic E-state index is -0.160. The van der Waals surface area contributed by atoms with Crippen molar-refractivity contribution in [1.82, 2.24) is 4.90 Å².